The van der Waals surface area contributed by atoms with Crippen LogP contribution in [0.15, 0.2) is 30.3 Å². The topological polar surface area (TPSA) is 55.8 Å². The summed E-state index contributed by atoms with van der Waals surface area (Å²) < 4.78 is 70.9. The Morgan fingerprint density at radius 3 is 2.15 bits per heavy atom. The van der Waals surface area contributed by atoms with E-state index in [0.29, 0.717) is 12.3 Å². The molecule has 5 nitrogen and oxygen atoms in total. The molecule has 3 rings (SSSR count). The lowest BCUT2D eigenvalue weighted by molar-refractivity contribution is -0.0500. The van der Waals surface area contributed by atoms with Crippen LogP contribution in [0.25, 0.3) is 0 Å². The lowest BCUT2D eigenvalue weighted by Gasteiger charge is -2.33. The average molecular weight is 486 g/mol. The molecule has 0 aliphatic carbocycles. The van der Waals surface area contributed by atoms with Gasteiger partial charge in [-0.3, -0.25) is 0 Å². The van der Waals surface area contributed by atoms with E-state index in [2.05, 4.69) is 42.8 Å². The summed E-state index contributed by atoms with van der Waals surface area (Å²) in [7, 11) is -5.72. The monoisotopic (exact) mass is 485 g/mol. The van der Waals surface area contributed by atoms with Crippen LogP contribution in [0.1, 0.15) is 64.2 Å². The standard InChI is InChI=1S/C24H30F3NO4S/c1-14(2)21-16(5)20(12-19-22(21)31-13-23(19,6)7)28(15(3)4)17-8-10-18(11-9-17)32-33(29,30)24(25,26)27/h8-12,14-15H,13H2,1-7H3. The number of nitrogens with zero attached hydrogens (tertiary/aromatic N) is 1. The Bertz CT molecular complexity index is 1140. The van der Waals surface area contributed by atoms with Gasteiger partial charge in [0.2, 0.25) is 0 Å². The van der Waals surface area contributed by atoms with Crippen LogP contribution in [0, 0.1) is 6.92 Å². The van der Waals surface area contributed by atoms with Crippen LogP contribution < -0.4 is 13.8 Å². The van der Waals surface area contributed by atoms with Gasteiger partial charge in [-0.15, -0.1) is 0 Å². The number of anilines is 2. The molecule has 0 spiro atoms. The molecular weight excluding hydrogens is 455 g/mol. The summed E-state index contributed by atoms with van der Waals surface area (Å²) in [6, 6.07) is 7.72. The van der Waals surface area contributed by atoms with Crippen molar-refractivity contribution < 1.29 is 30.5 Å². The predicted octanol–water partition coefficient (Wildman–Crippen LogP) is 6.56. The number of benzene rings is 2. The molecule has 0 atom stereocenters. The fourth-order valence-electron chi connectivity index (χ4n) is 4.25. The first-order valence-electron chi connectivity index (χ1n) is 10.8. The van der Waals surface area contributed by atoms with Crippen molar-refractivity contribution in [3.05, 3.63) is 47.0 Å². The molecular formula is C24H30F3NO4S. The number of halogens is 3. The molecule has 1 heterocycles. The van der Waals surface area contributed by atoms with Crippen molar-refractivity contribution in [1.29, 1.82) is 0 Å². The van der Waals surface area contributed by atoms with E-state index >= 15 is 0 Å². The first-order valence-corrected chi connectivity index (χ1v) is 12.2. The summed E-state index contributed by atoms with van der Waals surface area (Å²) in [5.41, 5.74) is -0.648. The highest BCUT2D eigenvalue weighted by atomic mass is 32.2. The maximum Gasteiger partial charge on any atom is 0.534 e. The maximum absolute atomic E-state index is 12.6. The first kappa shape index (κ1) is 25.2. The third-order valence-corrected chi connectivity index (χ3v) is 6.80. The predicted molar refractivity (Wildman–Crippen MR) is 123 cm³/mol. The Labute approximate surface area is 193 Å². The molecule has 2 aromatic rings. The molecule has 0 N–H and O–H groups in total. The molecule has 0 saturated heterocycles. The molecule has 0 fully saturated rings. The van der Waals surface area contributed by atoms with Crippen LogP contribution in [0.2, 0.25) is 0 Å². The largest absolute Gasteiger partial charge is 0.534 e. The zero-order chi connectivity index (χ0) is 24.9. The fourth-order valence-corrected chi connectivity index (χ4v) is 4.71. The summed E-state index contributed by atoms with van der Waals surface area (Å²) in [5.74, 6) is 0.758. The molecule has 33 heavy (non-hydrogen) atoms. The molecule has 0 radical (unpaired) electrons. The highest BCUT2D eigenvalue weighted by Crippen LogP contribution is 2.49. The van der Waals surface area contributed by atoms with Gasteiger partial charge in [-0.05, 0) is 62.6 Å². The fraction of sp³-hybridized carbons (Fsp3) is 0.500. The molecule has 9 heteroatoms. The van der Waals surface area contributed by atoms with Crippen molar-refractivity contribution in [2.45, 2.75) is 71.3 Å². The van der Waals surface area contributed by atoms with Crippen molar-refractivity contribution in [3.8, 4) is 11.5 Å². The molecule has 2 aromatic carbocycles. The Balaban J connectivity index is 2.09. The number of ether oxygens (including phenoxy) is 1. The van der Waals surface area contributed by atoms with Crippen LogP contribution in [-0.4, -0.2) is 26.6 Å². The van der Waals surface area contributed by atoms with Gasteiger partial charge in [-0.1, -0.05) is 27.7 Å². The lowest BCUT2D eigenvalue weighted by atomic mass is 9.82. The second-order valence-electron chi connectivity index (χ2n) is 9.58. The van der Waals surface area contributed by atoms with Gasteiger partial charge in [-0.25, -0.2) is 0 Å². The molecule has 0 aromatic heterocycles. The maximum atomic E-state index is 12.6. The molecule has 0 saturated carbocycles. The van der Waals surface area contributed by atoms with Gasteiger partial charge >= 0.3 is 15.6 Å². The summed E-state index contributed by atoms with van der Waals surface area (Å²) in [6.07, 6.45) is 0. The third kappa shape index (κ3) is 4.65. The summed E-state index contributed by atoms with van der Waals surface area (Å²) in [4.78, 5) is 2.08. The van der Waals surface area contributed by atoms with Gasteiger partial charge < -0.3 is 13.8 Å². The van der Waals surface area contributed by atoms with E-state index in [1.54, 1.807) is 12.1 Å². The van der Waals surface area contributed by atoms with Crippen LogP contribution in [0.5, 0.6) is 11.5 Å². The number of alkyl halides is 3. The van der Waals surface area contributed by atoms with Gasteiger partial charge in [0, 0.05) is 34.0 Å². The Morgan fingerprint density at radius 2 is 1.67 bits per heavy atom. The highest BCUT2D eigenvalue weighted by Gasteiger charge is 2.48. The van der Waals surface area contributed by atoms with Gasteiger partial charge in [0.05, 0.1) is 6.61 Å². The zero-order valence-corrected chi connectivity index (χ0v) is 20.7. The van der Waals surface area contributed by atoms with Crippen molar-refractivity contribution in [1.82, 2.24) is 0 Å². The van der Waals surface area contributed by atoms with Crippen LogP contribution >= 0.6 is 0 Å². The summed E-state index contributed by atoms with van der Waals surface area (Å²) in [5, 5.41) is 0. The van der Waals surface area contributed by atoms with Crippen LogP contribution in [0.4, 0.5) is 24.5 Å². The second-order valence-corrected chi connectivity index (χ2v) is 11.1. The van der Waals surface area contributed by atoms with E-state index in [1.165, 1.54) is 12.1 Å². The number of hydrogen-bond donors (Lipinski definition) is 0. The first-order chi connectivity index (χ1) is 15.1. The van der Waals surface area contributed by atoms with Crippen molar-refractivity contribution >= 4 is 21.5 Å². The third-order valence-electron chi connectivity index (χ3n) is 5.82. The molecule has 0 bridgehead atoms. The highest BCUT2D eigenvalue weighted by molar-refractivity contribution is 7.88. The smallest absolute Gasteiger partial charge is 0.492 e. The van der Waals surface area contributed by atoms with E-state index in [-0.39, 0.29) is 17.4 Å². The van der Waals surface area contributed by atoms with Crippen molar-refractivity contribution in [3.63, 3.8) is 0 Å². The minimum atomic E-state index is -5.72. The number of fused-ring (bicyclic) bond motifs is 1. The van der Waals surface area contributed by atoms with E-state index in [1.807, 2.05) is 20.8 Å². The van der Waals surface area contributed by atoms with E-state index < -0.39 is 21.4 Å². The number of rotatable bonds is 6. The Hall–Kier alpha value is -2.42. The van der Waals surface area contributed by atoms with Crippen molar-refractivity contribution in [2.24, 2.45) is 0 Å². The van der Waals surface area contributed by atoms with E-state index in [0.717, 1.165) is 28.1 Å². The van der Waals surface area contributed by atoms with Crippen LogP contribution in [0.3, 0.4) is 0 Å². The molecule has 182 valence electrons. The van der Waals surface area contributed by atoms with Gasteiger partial charge in [0.15, 0.2) is 0 Å². The van der Waals surface area contributed by atoms with Gasteiger partial charge in [0.25, 0.3) is 0 Å². The molecule has 0 amide bonds. The molecule has 1 aliphatic heterocycles. The second kappa shape index (κ2) is 8.42. The minimum Gasteiger partial charge on any atom is -0.492 e. The van der Waals surface area contributed by atoms with E-state index in [4.69, 9.17) is 4.74 Å². The quantitative estimate of drug-likeness (QED) is 0.342. The Kier molecular flexibility index (Phi) is 6.43. The summed E-state index contributed by atoms with van der Waals surface area (Å²) >= 11 is 0. The normalized spacial score (nSPS) is 15.5. The van der Waals surface area contributed by atoms with Crippen molar-refractivity contribution in [2.75, 3.05) is 11.5 Å². The van der Waals surface area contributed by atoms with Gasteiger partial charge in [0.1, 0.15) is 11.5 Å². The summed E-state index contributed by atoms with van der Waals surface area (Å²) in [6.45, 7) is 15.2. The van der Waals surface area contributed by atoms with E-state index in [9.17, 15) is 21.6 Å². The SMILES string of the molecule is Cc1c(N(c2ccc(OS(=O)(=O)C(F)(F)F)cc2)C(C)C)cc2c(c1C(C)C)OCC2(C)C. The van der Waals surface area contributed by atoms with Crippen LogP contribution in [-0.2, 0) is 15.5 Å². The zero-order valence-electron chi connectivity index (χ0n) is 19.9. The average Bonchev–Trinajstić information content (AvgIpc) is 2.96. The molecule has 1 aliphatic rings. The van der Waals surface area contributed by atoms with Gasteiger partial charge in [-0.2, -0.15) is 21.6 Å². The minimum absolute atomic E-state index is 0.0119. The molecule has 0 unspecified atom stereocenters. The Morgan fingerprint density at radius 1 is 1.09 bits per heavy atom. The number of hydrogen-bond acceptors (Lipinski definition) is 5. The lowest BCUT2D eigenvalue weighted by Crippen LogP contribution is -2.28.